The van der Waals surface area contributed by atoms with Gasteiger partial charge in [0.2, 0.25) is 0 Å². The van der Waals surface area contributed by atoms with Crippen LogP contribution in [0.1, 0.15) is 78.7 Å². The fourth-order valence-electron chi connectivity index (χ4n) is 4.75. The topological polar surface area (TPSA) is 68.1 Å². The van der Waals surface area contributed by atoms with Gasteiger partial charge in [-0.1, -0.05) is 75.3 Å². The number of carbonyl (C=O) groups is 1. The highest BCUT2D eigenvalue weighted by atomic mass is 16.6. The summed E-state index contributed by atoms with van der Waals surface area (Å²) < 4.78 is 6.43. The second-order valence-corrected chi connectivity index (χ2v) is 10.4. The Morgan fingerprint density at radius 1 is 0.886 bits per heavy atom. The quantitative estimate of drug-likeness (QED) is 0.307. The maximum atomic E-state index is 11.4. The third-order valence-corrected chi connectivity index (χ3v) is 7.03. The predicted molar refractivity (Wildman–Crippen MR) is 139 cm³/mol. The molecule has 0 spiro atoms. The SMILES string of the molecule is CO/N=C(/c1ccc(C(=O)O)cc1)c1cc2c(cc1OCc1ccccc1)C(C)(C)CCC2(C)C. The Kier molecular flexibility index (Phi) is 6.70. The first-order valence-electron chi connectivity index (χ1n) is 11.9. The van der Waals surface area contributed by atoms with E-state index in [0.717, 1.165) is 35.3 Å². The zero-order valence-corrected chi connectivity index (χ0v) is 21.1. The van der Waals surface area contributed by atoms with E-state index >= 15 is 0 Å². The van der Waals surface area contributed by atoms with Crippen LogP contribution >= 0.6 is 0 Å². The molecule has 3 aromatic carbocycles. The Bertz CT molecular complexity index is 1240. The summed E-state index contributed by atoms with van der Waals surface area (Å²) in [6, 6.07) is 21.1. The van der Waals surface area contributed by atoms with Gasteiger partial charge in [0.25, 0.3) is 0 Å². The summed E-state index contributed by atoms with van der Waals surface area (Å²) in [5.41, 5.74) is 6.09. The lowest BCUT2D eigenvalue weighted by atomic mass is 9.62. The van der Waals surface area contributed by atoms with Gasteiger partial charge < -0.3 is 14.7 Å². The number of aromatic carboxylic acids is 1. The van der Waals surface area contributed by atoms with E-state index in [-0.39, 0.29) is 16.4 Å². The zero-order chi connectivity index (χ0) is 25.2. The molecular weight excluding hydrogens is 438 g/mol. The average molecular weight is 472 g/mol. The Hall–Kier alpha value is -3.60. The highest BCUT2D eigenvalue weighted by Gasteiger charge is 2.38. The minimum absolute atomic E-state index is 0.00289. The first-order chi connectivity index (χ1) is 16.6. The molecule has 0 aromatic heterocycles. The molecule has 0 aliphatic heterocycles. The molecule has 5 nitrogen and oxygen atoms in total. The average Bonchev–Trinajstić information content (AvgIpc) is 2.84. The number of benzene rings is 3. The van der Waals surface area contributed by atoms with Crippen LogP contribution in [0.4, 0.5) is 0 Å². The Morgan fingerprint density at radius 3 is 2.03 bits per heavy atom. The van der Waals surface area contributed by atoms with Crippen molar-refractivity contribution < 1.29 is 19.5 Å². The number of carboxylic acid groups (broad SMARTS) is 1. The summed E-state index contributed by atoms with van der Waals surface area (Å²) in [6.45, 7) is 9.57. The Balaban J connectivity index is 1.88. The van der Waals surface area contributed by atoms with Crippen molar-refractivity contribution >= 4 is 11.7 Å². The number of nitrogens with zero attached hydrogens (tertiary/aromatic N) is 1. The van der Waals surface area contributed by atoms with Gasteiger partial charge in [0.05, 0.1) is 5.56 Å². The minimum atomic E-state index is -0.966. The molecule has 0 unspecified atom stereocenters. The number of rotatable bonds is 7. The van der Waals surface area contributed by atoms with E-state index < -0.39 is 5.97 Å². The fourth-order valence-corrected chi connectivity index (χ4v) is 4.75. The predicted octanol–water partition coefficient (Wildman–Crippen LogP) is 6.71. The van der Waals surface area contributed by atoms with Crippen LogP contribution in [0.3, 0.4) is 0 Å². The summed E-state index contributed by atoms with van der Waals surface area (Å²) in [5, 5.41) is 13.7. The fraction of sp³-hybridized carbons (Fsp3) is 0.333. The van der Waals surface area contributed by atoms with Crippen molar-refractivity contribution in [2.75, 3.05) is 7.11 Å². The van der Waals surface area contributed by atoms with E-state index in [9.17, 15) is 9.90 Å². The lowest BCUT2D eigenvalue weighted by molar-refractivity contribution is 0.0697. The number of hydrogen-bond donors (Lipinski definition) is 1. The van der Waals surface area contributed by atoms with Crippen LogP contribution in [0.15, 0.2) is 71.9 Å². The van der Waals surface area contributed by atoms with Crippen LogP contribution in [-0.2, 0) is 22.3 Å². The number of hydrogen-bond acceptors (Lipinski definition) is 4. The van der Waals surface area contributed by atoms with E-state index in [2.05, 4.69) is 45.0 Å². The molecule has 1 aliphatic carbocycles. The largest absolute Gasteiger partial charge is 0.488 e. The second kappa shape index (κ2) is 9.57. The maximum absolute atomic E-state index is 11.4. The number of fused-ring (bicyclic) bond motifs is 1. The highest BCUT2D eigenvalue weighted by Crippen LogP contribution is 2.48. The van der Waals surface area contributed by atoms with Crippen molar-refractivity contribution in [2.24, 2.45) is 5.16 Å². The van der Waals surface area contributed by atoms with Gasteiger partial charge in [0.15, 0.2) is 0 Å². The normalized spacial score (nSPS) is 16.3. The molecule has 0 heterocycles. The Labute approximate surface area is 207 Å². The molecule has 4 rings (SSSR count). The molecule has 1 aliphatic rings. The zero-order valence-electron chi connectivity index (χ0n) is 21.1. The van der Waals surface area contributed by atoms with Crippen LogP contribution < -0.4 is 4.74 Å². The summed E-state index contributed by atoms with van der Waals surface area (Å²) in [5.74, 6) is -0.233. The van der Waals surface area contributed by atoms with Crippen LogP contribution in [0, 0.1) is 0 Å². The third-order valence-electron chi connectivity index (χ3n) is 7.03. The van der Waals surface area contributed by atoms with Crippen molar-refractivity contribution in [2.45, 2.75) is 58.0 Å². The first kappa shape index (κ1) is 24.5. The van der Waals surface area contributed by atoms with Crippen molar-refractivity contribution in [3.05, 3.63) is 100 Å². The van der Waals surface area contributed by atoms with Gasteiger partial charge >= 0.3 is 5.97 Å². The molecule has 0 saturated carbocycles. The summed E-state index contributed by atoms with van der Waals surface area (Å²) in [6.07, 6.45) is 2.18. The van der Waals surface area contributed by atoms with Crippen molar-refractivity contribution in [1.82, 2.24) is 0 Å². The van der Waals surface area contributed by atoms with Crippen LogP contribution in [0.5, 0.6) is 5.75 Å². The molecule has 3 aromatic rings. The minimum Gasteiger partial charge on any atom is -0.488 e. The first-order valence-corrected chi connectivity index (χ1v) is 11.9. The van der Waals surface area contributed by atoms with E-state index in [4.69, 9.17) is 9.57 Å². The smallest absolute Gasteiger partial charge is 0.335 e. The molecule has 0 saturated heterocycles. The maximum Gasteiger partial charge on any atom is 0.335 e. The van der Waals surface area contributed by atoms with E-state index in [1.54, 1.807) is 24.3 Å². The van der Waals surface area contributed by atoms with Crippen molar-refractivity contribution in [1.29, 1.82) is 0 Å². The number of ether oxygens (including phenoxy) is 1. The molecule has 182 valence electrons. The van der Waals surface area contributed by atoms with Gasteiger partial charge in [-0.3, -0.25) is 0 Å². The summed E-state index contributed by atoms with van der Waals surface area (Å²) >= 11 is 0. The molecular formula is C30H33NO4. The van der Waals surface area contributed by atoms with E-state index in [1.807, 2.05) is 30.3 Å². The lowest BCUT2D eigenvalue weighted by Crippen LogP contribution is -2.34. The molecule has 1 N–H and O–H groups in total. The lowest BCUT2D eigenvalue weighted by Gasteiger charge is -2.42. The number of carboxylic acids is 1. The second-order valence-electron chi connectivity index (χ2n) is 10.4. The Morgan fingerprint density at radius 2 is 1.46 bits per heavy atom. The monoisotopic (exact) mass is 471 g/mol. The standard InChI is InChI=1S/C30H33NO4/c1-29(2)15-16-30(3,4)25-18-26(35-19-20-9-7-6-8-10-20)23(17-24(25)29)27(31-34-5)21-11-13-22(14-12-21)28(32)33/h6-14,17-18H,15-16,19H2,1-5H3,(H,32,33)/b31-27-. The van der Waals surface area contributed by atoms with Gasteiger partial charge in [-0.2, -0.15) is 0 Å². The van der Waals surface area contributed by atoms with Gasteiger partial charge in [-0.05, 0) is 64.6 Å². The molecule has 35 heavy (non-hydrogen) atoms. The van der Waals surface area contributed by atoms with Gasteiger partial charge in [0, 0.05) is 11.1 Å². The van der Waals surface area contributed by atoms with Gasteiger partial charge in [-0.25, -0.2) is 4.79 Å². The van der Waals surface area contributed by atoms with Crippen LogP contribution in [0.2, 0.25) is 0 Å². The molecule has 0 amide bonds. The molecule has 5 heteroatoms. The van der Waals surface area contributed by atoms with Crippen LogP contribution in [0.25, 0.3) is 0 Å². The van der Waals surface area contributed by atoms with Crippen LogP contribution in [-0.4, -0.2) is 23.9 Å². The highest BCUT2D eigenvalue weighted by molar-refractivity contribution is 6.14. The summed E-state index contributed by atoms with van der Waals surface area (Å²) in [4.78, 5) is 16.6. The van der Waals surface area contributed by atoms with E-state index in [1.165, 1.54) is 18.2 Å². The van der Waals surface area contributed by atoms with Crippen molar-refractivity contribution in [3.8, 4) is 5.75 Å². The van der Waals surface area contributed by atoms with Gasteiger partial charge in [-0.15, -0.1) is 0 Å². The molecule has 0 radical (unpaired) electrons. The molecule has 0 fully saturated rings. The molecule has 0 bridgehead atoms. The third kappa shape index (κ3) is 5.09. The van der Waals surface area contributed by atoms with Crippen molar-refractivity contribution in [3.63, 3.8) is 0 Å². The van der Waals surface area contributed by atoms with Gasteiger partial charge in [0.1, 0.15) is 25.2 Å². The summed E-state index contributed by atoms with van der Waals surface area (Å²) in [7, 11) is 1.52. The van der Waals surface area contributed by atoms with E-state index in [0.29, 0.717) is 12.3 Å². The molecule has 0 atom stereocenters. The number of oxime groups is 1.